The van der Waals surface area contributed by atoms with Crippen LogP contribution in [0.3, 0.4) is 0 Å². The number of hydrogen-bond donors (Lipinski definition) is 2. The number of benzene rings is 2. The van der Waals surface area contributed by atoms with E-state index in [1.165, 1.54) is 0 Å². The molecule has 3 nitrogen and oxygen atoms in total. The molecule has 0 spiro atoms. The summed E-state index contributed by atoms with van der Waals surface area (Å²) >= 11 is 5.85. The summed E-state index contributed by atoms with van der Waals surface area (Å²) in [5.41, 5.74) is 2.42. The van der Waals surface area contributed by atoms with Crippen LogP contribution in [0.1, 0.15) is 61.7 Å². The minimum Gasteiger partial charge on any atom is -0.507 e. The van der Waals surface area contributed by atoms with Gasteiger partial charge in [-0.1, -0.05) is 46.2 Å². The van der Waals surface area contributed by atoms with Crippen LogP contribution in [0.25, 0.3) is 0 Å². The zero-order valence-corrected chi connectivity index (χ0v) is 17.4. The van der Waals surface area contributed by atoms with E-state index in [9.17, 15) is 9.90 Å². The first-order valence-corrected chi connectivity index (χ1v) is 9.34. The van der Waals surface area contributed by atoms with E-state index in [1.807, 2.05) is 27.7 Å². The summed E-state index contributed by atoms with van der Waals surface area (Å²) in [5.74, 6) is 0.190. The van der Waals surface area contributed by atoms with Gasteiger partial charge in [-0.2, -0.15) is 0 Å². The largest absolute Gasteiger partial charge is 0.507 e. The van der Waals surface area contributed by atoms with Gasteiger partial charge in [-0.05, 0) is 67.4 Å². The third-order valence-corrected chi connectivity index (χ3v) is 4.23. The fraction of sp³-hybridized carbons (Fsp3) is 0.409. The Bertz CT molecular complexity index is 729. The van der Waals surface area contributed by atoms with Crippen molar-refractivity contribution in [3.8, 4) is 5.75 Å². The quantitative estimate of drug-likeness (QED) is 0.694. The summed E-state index contributed by atoms with van der Waals surface area (Å²) in [7, 11) is 0. The van der Waals surface area contributed by atoms with Crippen molar-refractivity contribution in [3.63, 3.8) is 0 Å². The van der Waals surface area contributed by atoms with Crippen molar-refractivity contribution < 1.29 is 9.90 Å². The molecular weight excluding hydrogens is 346 g/mol. The van der Waals surface area contributed by atoms with Crippen LogP contribution in [-0.4, -0.2) is 24.0 Å². The molecule has 2 aromatic carbocycles. The normalized spacial score (nSPS) is 10.9. The monoisotopic (exact) mass is 375 g/mol. The van der Waals surface area contributed by atoms with Gasteiger partial charge in [0.25, 0.3) is 0 Å². The van der Waals surface area contributed by atoms with E-state index < -0.39 is 0 Å². The van der Waals surface area contributed by atoms with Crippen LogP contribution in [-0.2, 0) is 5.41 Å². The molecule has 0 radical (unpaired) electrons. The fourth-order valence-corrected chi connectivity index (χ4v) is 2.63. The summed E-state index contributed by atoms with van der Waals surface area (Å²) in [4.78, 5) is 12.6. The van der Waals surface area contributed by atoms with Gasteiger partial charge in [0, 0.05) is 21.7 Å². The minimum atomic E-state index is -0.231. The Morgan fingerprint density at radius 1 is 1.04 bits per heavy atom. The van der Waals surface area contributed by atoms with Crippen molar-refractivity contribution in [1.82, 2.24) is 5.32 Å². The van der Waals surface area contributed by atoms with Crippen molar-refractivity contribution in [3.05, 3.63) is 63.7 Å². The predicted molar refractivity (Wildman–Crippen MR) is 111 cm³/mol. The lowest BCUT2D eigenvalue weighted by Gasteiger charge is -2.22. The Balaban J connectivity index is 0.000000597. The molecule has 0 aliphatic heterocycles. The topological polar surface area (TPSA) is 49.3 Å². The van der Waals surface area contributed by atoms with Gasteiger partial charge in [0.1, 0.15) is 5.75 Å². The van der Waals surface area contributed by atoms with Gasteiger partial charge >= 0.3 is 0 Å². The number of ketones is 1. The second-order valence-corrected chi connectivity index (χ2v) is 7.67. The van der Waals surface area contributed by atoms with Crippen LogP contribution < -0.4 is 5.32 Å². The third kappa shape index (κ3) is 6.15. The van der Waals surface area contributed by atoms with Crippen molar-refractivity contribution >= 4 is 17.4 Å². The highest BCUT2D eigenvalue weighted by Gasteiger charge is 2.22. The standard InChI is InChI=1S/C18H19ClO2.C4H11N/c1-11-9-13(10-15(16(11)20)18(2,3)4)17(21)12-5-7-14(19)8-6-12;1-3-5-4-2/h5-10,20H,1-4H3;5H,3-4H2,1-2H3. The van der Waals surface area contributed by atoms with Crippen LogP contribution in [0.15, 0.2) is 36.4 Å². The lowest BCUT2D eigenvalue weighted by atomic mass is 9.83. The average Bonchev–Trinajstić information content (AvgIpc) is 2.57. The smallest absolute Gasteiger partial charge is 0.193 e. The maximum absolute atomic E-state index is 12.6. The Kier molecular flexibility index (Phi) is 8.32. The molecule has 0 aromatic heterocycles. The number of nitrogens with one attached hydrogen (secondary N) is 1. The number of halogens is 1. The number of phenols is 1. The summed E-state index contributed by atoms with van der Waals surface area (Å²) in [6.45, 7) is 14.2. The number of aromatic hydroxyl groups is 1. The van der Waals surface area contributed by atoms with Crippen molar-refractivity contribution in [2.45, 2.75) is 47.0 Å². The molecule has 26 heavy (non-hydrogen) atoms. The van der Waals surface area contributed by atoms with E-state index in [4.69, 9.17) is 11.6 Å². The van der Waals surface area contributed by atoms with Gasteiger partial charge in [0.15, 0.2) is 5.78 Å². The van der Waals surface area contributed by atoms with E-state index in [0.717, 1.165) is 18.7 Å². The van der Waals surface area contributed by atoms with Gasteiger partial charge in [0.2, 0.25) is 0 Å². The molecular formula is C22H30ClNO2. The summed E-state index contributed by atoms with van der Waals surface area (Å²) < 4.78 is 0. The maximum Gasteiger partial charge on any atom is 0.193 e. The number of phenolic OH excluding ortho intramolecular Hbond substituents is 1. The molecule has 0 heterocycles. The minimum absolute atomic E-state index is 0.0692. The molecule has 0 aliphatic rings. The predicted octanol–water partition coefficient (Wildman–Crippen LogP) is 5.50. The second kappa shape index (κ2) is 9.75. The summed E-state index contributed by atoms with van der Waals surface area (Å²) in [6, 6.07) is 10.3. The zero-order chi connectivity index (χ0) is 19.9. The molecule has 0 saturated carbocycles. The van der Waals surface area contributed by atoms with Gasteiger partial charge in [-0.15, -0.1) is 0 Å². The molecule has 0 aliphatic carbocycles. The first-order chi connectivity index (χ1) is 12.1. The summed E-state index contributed by atoms with van der Waals surface area (Å²) in [6.07, 6.45) is 0. The van der Waals surface area contributed by atoms with Gasteiger partial charge in [0.05, 0.1) is 0 Å². The first kappa shape index (κ1) is 22.2. The molecule has 0 unspecified atom stereocenters. The van der Waals surface area contributed by atoms with E-state index in [0.29, 0.717) is 21.7 Å². The molecule has 0 bridgehead atoms. The van der Waals surface area contributed by atoms with Crippen LogP contribution in [0.4, 0.5) is 0 Å². The van der Waals surface area contributed by atoms with Crippen molar-refractivity contribution in [2.24, 2.45) is 0 Å². The Labute approximate surface area is 162 Å². The number of aryl methyl sites for hydroxylation is 1. The molecule has 4 heteroatoms. The van der Waals surface area contributed by atoms with E-state index >= 15 is 0 Å². The molecule has 2 N–H and O–H groups in total. The molecule has 0 atom stereocenters. The van der Waals surface area contributed by atoms with Crippen molar-refractivity contribution in [1.29, 1.82) is 0 Å². The molecule has 0 saturated heterocycles. The zero-order valence-electron chi connectivity index (χ0n) is 16.6. The number of hydrogen-bond acceptors (Lipinski definition) is 3. The highest BCUT2D eigenvalue weighted by molar-refractivity contribution is 6.30. The van der Waals surface area contributed by atoms with Crippen molar-refractivity contribution in [2.75, 3.05) is 13.1 Å². The second-order valence-electron chi connectivity index (χ2n) is 7.23. The molecule has 2 rings (SSSR count). The van der Waals surface area contributed by atoms with E-state index in [1.54, 1.807) is 36.4 Å². The molecule has 142 valence electrons. The lowest BCUT2D eigenvalue weighted by Crippen LogP contribution is -2.14. The summed E-state index contributed by atoms with van der Waals surface area (Å²) in [5, 5.41) is 13.9. The van der Waals surface area contributed by atoms with E-state index in [2.05, 4.69) is 19.2 Å². The Hall–Kier alpha value is -1.84. The van der Waals surface area contributed by atoms with Crippen LogP contribution in [0.2, 0.25) is 5.02 Å². The fourth-order valence-electron chi connectivity index (χ4n) is 2.50. The SMILES string of the molecule is CCNCC.Cc1cc(C(=O)c2ccc(Cl)cc2)cc(C(C)(C)C)c1O. The molecule has 0 fully saturated rings. The maximum atomic E-state index is 12.6. The van der Waals surface area contributed by atoms with Crippen LogP contribution in [0.5, 0.6) is 5.75 Å². The highest BCUT2D eigenvalue weighted by Crippen LogP contribution is 2.34. The third-order valence-electron chi connectivity index (χ3n) is 3.98. The molecule has 2 aromatic rings. The average molecular weight is 376 g/mol. The lowest BCUT2D eigenvalue weighted by molar-refractivity contribution is 0.103. The number of carbonyl (C=O) groups is 1. The van der Waals surface area contributed by atoms with Crippen LogP contribution in [0, 0.1) is 6.92 Å². The molecule has 0 amide bonds. The van der Waals surface area contributed by atoms with Gasteiger partial charge in [-0.3, -0.25) is 4.79 Å². The van der Waals surface area contributed by atoms with E-state index in [-0.39, 0.29) is 16.9 Å². The Morgan fingerprint density at radius 2 is 1.58 bits per heavy atom. The number of rotatable bonds is 4. The highest BCUT2D eigenvalue weighted by atomic mass is 35.5. The van der Waals surface area contributed by atoms with Gasteiger partial charge < -0.3 is 10.4 Å². The van der Waals surface area contributed by atoms with Gasteiger partial charge in [-0.25, -0.2) is 0 Å². The first-order valence-electron chi connectivity index (χ1n) is 8.96. The number of carbonyl (C=O) groups excluding carboxylic acids is 1. The van der Waals surface area contributed by atoms with Crippen LogP contribution >= 0.6 is 11.6 Å². The Morgan fingerprint density at radius 3 is 2.00 bits per heavy atom.